The lowest BCUT2D eigenvalue weighted by molar-refractivity contribution is -0.0587. The van der Waals surface area contributed by atoms with Gasteiger partial charge >= 0.3 is 0 Å². The molecule has 1 N–H and O–H groups in total. The van der Waals surface area contributed by atoms with E-state index in [1.807, 2.05) is 13.8 Å². The normalized spacial score (nSPS) is 23.2. The zero-order valence-electron chi connectivity index (χ0n) is 11.4. The number of carbonyl (C=O) groups is 1. The Morgan fingerprint density at radius 1 is 1.37 bits per heavy atom. The van der Waals surface area contributed by atoms with Gasteiger partial charge in [-0.15, -0.1) is 0 Å². The number of aromatic hydroxyl groups is 1. The van der Waals surface area contributed by atoms with Gasteiger partial charge in [-0.25, -0.2) is 0 Å². The van der Waals surface area contributed by atoms with Crippen LogP contribution in [0.15, 0.2) is 18.2 Å². The smallest absolute Gasteiger partial charge is 0.261 e. The van der Waals surface area contributed by atoms with Crippen molar-refractivity contribution in [1.82, 2.24) is 4.90 Å². The largest absolute Gasteiger partial charge is 0.507 e. The number of methoxy groups -OCH3 is 1. The maximum atomic E-state index is 12.5. The third-order valence-corrected chi connectivity index (χ3v) is 3.14. The summed E-state index contributed by atoms with van der Waals surface area (Å²) in [6.07, 6.45) is -0.0194. The van der Waals surface area contributed by atoms with Crippen molar-refractivity contribution in [1.29, 1.82) is 0 Å². The number of morpholine rings is 1. The van der Waals surface area contributed by atoms with E-state index < -0.39 is 0 Å². The Hall–Kier alpha value is -1.75. The van der Waals surface area contributed by atoms with E-state index in [9.17, 15) is 9.90 Å². The Labute approximate surface area is 112 Å². The van der Waals surface area contributed by atoms with Gasteiger partial charge in [-0.3, -0.25) is 4.79 Å². The molecule has 1 amide bonds. The molecule has 1 aliphatic heterocycles. The van der Waals surface area contributed by atoms with Crippen molar-refractivity contribution < 1.29 is 19.4 Å². The highest BCUT2D eigenvalue weighted by Gasteiger charge is 2.29. The highest BCUT2D eigenvalue weighted by molar-refractivity contribution is 5.99. The number of benzene rings is 1. The fourth-order valence-electron chi connectivity index (χ4n) is 2.41. The van der Waals surface area contributed by atoms with Crippen LogP contribution in [0.3, 0.4) is 0 Å². The number of ether oxygens (including phenoxy) is 2. The molecule has 0 aromatic heterocycles. The zero-order chi connectivity index (χ0) is 14.0. The molecule has 0 bridgehead atoms. The summed E-state index contributed by atoms with van der Waals surface area (Å²) in [6.45, 7) is 4.89. The number of nitrogens with zero attached hydrogens (tertiary/aromatic N) is 1. The minimum atomic E-state index is -0.225. The summed E-state index contributed by atoms with van der Waals surface area (Å²) in [6, 6.07) is 4.80. The van der Waals surface area contributed by atoms with Crippen LogP contribution in [-0.2, 0) is 4.74 Å². The molecule has 1 heterocycles. The van der Waals surface area contributed by atoms with E-state index in [-0.39, 0.29) is 29.4 Å². The van der Waals surface area contributed by atoms with Crippen LogP contribution < -0.4 is 4.74 Å². The van der Waals surface area contributed by atoms with Crippen molar-refractivity contribution in [3.63, 3.8) is 0 Å². The van der Waals surface area contributed by atoms with Crippen LogP contribution in [0, 0.1) is 0 Å². The molecule has 1 saturated heterocycles. The van der Waals surface area contributed by atoms with E-state index in [0.717, 1.165) is 0 Å². The van der Waals surface area contributed by atoms with Crippen molar-refractivity contribution in [3.8, 4) is 11.5 Å². The summed E-state index contributed by atoms with van der Waals surface area (Å²) in [5.74, 6) is 0.102. The van der Waals surface area contributed by atoms with Gasteiger partial charge in [0, 0.05) is 13.1 Å². The van der Waals surface area contributed by atoms with E-state index in [2.05, 4.69) is 0 Å². The molecule has 0 spiro atoms. The standard InChI is InChI=1S/C14H19NO4/c1-9-7-15(8-10(2)19-9)14(17)13-11(16)5-4-6-12(13)18-3/h4-6,9-10,16H,7-8H2,1-3H3. The summed E-state index contributed by atoms with van der Waals surface area (Å²) < 4.78 is 10.8. The van der Waals surface area contributed by atoms with Crippen LogP contribution in [0.4, 0.5) is 0 Å². The van der Waals surface area contributed by atoms with Crippen molar-refractivity contribution in [2.75, 3.05) is 20.2 Å². The number of hydrogen-bond donors (Lipinski definition) is 1. The third kappa shape index (κ3) is 2.81. The maximum absolute atomic E-state index is 12.5. The molecule has 1 fully saturated rings. The summed E-state index contributed by atoms with van der Waals surface area (Å²) >= 11 is 0. The second-order valence-corrected chi connectivity index (χ2v) is 4.82. The van der Waals surface area contributed by atoms with E-state index in [1.54, 1.807) is 17.0 Å². The van der Waals surface area contributed by atoms with Crippen LogP contribution in [0.25, 0.3) is 0 Å². The molecule has 5 nitrogen and oxygen atoms in total. The fourth-order valence-corrected chi connectivity index (χ4v) is 2.41. The van der Waals surface area contributed by atoms with E-state index in [0.29, 0.717) is 18.8 Å². The zero-order valence-corrected chi connectivity index (χ0v) is 11.4. The summed E-state index contributed by atoms with van der Waals surface area (Å²) in [7, 11) is 1.48. The topological polar surface area (TPSA) is 59.0 Å². The van der Waals surface area contributed by atoms with E-state index in [1.165, 1.54) is 13.2 Å². The average Bonchev–Trinajstić information content (AvgIpc) is 2.36. The average molecular weight is 265 g/mol. The predicted molar refractivity (Wildman–Crippen MR) is 70.6 cm³/mol. The van der Waals surface area contributed by atoms with Crippen LogP contribution in [0.5, 0.6) is 11.5 Å². The van der Waals surface area contributed by atoms with Gasteiger partial charge in [-0.1, -0.05) is 6.07 Å². The van der Waals surface area contributed by atoms with Crippen molar-refractivity contribution in [2.45, 2.75) is 26.1 Å². The summed E-state index contributed by atoms with van der Waals surface area (Å²) in [5, 5.41) is 9.90. The van der Waals surface area contributed by atoms with Gasteiger partial charge in [0.05, 0.1) is 19.3 Å². The van der Waals surface area contributed by atoms with E-state index in [4.69, 9.17) is 9.47 Å². The third-order valence-electron chi connectivity index (χ3n) is 3.14. The first kappa shape index (κ1) is 13.7. The number of phenolic OH excluding ortho intramolecular Hbond substituents is 1. The second-order valence-electron chi connectivity index (χ2n) is 4.82. The van der Waals surface area contributed by atoms with Crippen molar-refractivity contribution >= 4 is 5.91 Å². The first-order valence-corrected chi connectivity index (χ1v) is 6.33. The molecule has 5 heteroatoms. The Morgan fingerprint density at radius 2 is 2.00 bits per heavy atom. The highest BCUT2D eigenvalue weighted by atomic mass is 16.5. The number of carbonyl (C=O) groups excluding carboxylic acids is 1. The molecule has 1 aliphatic rings. The maximum Gasteiger partial charge on any atom is 0.261 e. The van der Waals surface area contributed by atoms with Crippen LogP contribution in [-0.4, -0.2) is 48.3 Å². The minimum Gasteiger partial charge on any atom is -0.507 e. The number of rotatable bonds is 2. The molecule has 2 rings (SSSR count). The Bertz CT molecular complexity index is 465. The molecular weight excluding hydrogens is 246 g/mol. The molecule has 2 unspecified atom stereocenters. The van der Waals surface area contributed by atoms with Crippen molar-refractivity contribution in [2.24, 2.45) is 0 Å². The Kier molecular flexibility index (Phi) is 3.95. The van der Waals surface area contributed by atoms with Gasteiger partial charge in [-0.2, -0.15) is 0 Å². The lowest BCUT2D eigenvalue weighted by atomic mass is 10.1. The van der Waals surface area contributed by atoms with Crippen molar-refractivity contribution in [3.05, 3.63) is 23.8 Å². The van der Waals surface area contributed by atoms with Gasteiger partial charge in [0.25, 0.3) is 5.91 Å². The lowest BCUT2D eigenvalue weighted by Crippen LogP contribution is -2.48. The Balaban J connectivity index is 2.29. The first-order chi connectivity index (χ1) is 9.02. The summed E-state index contributed by atoms with van der Waals surface area (Å²) in [5.41, 5.74) is 0.214. The first-order valence-electron chi connectivity index (χ1n) is 6.33. The molecular formula is C14H19NO4. The molecule has 0 radical (unpaired) electrons. The summed E-state index contributed by atoms with van der Waals surface area (Å²) in [4.78, 5) is 14.2. The van der Waals surface area contributed by atoms with Crippen LogP contribution in [0.1, 0.15) is 24.2 Å². The quantitative estimate of drug-likeness (QED) is 0.883. The van der Waals surface area contributed by atoms with Crippen LogP contribution in [0.2, 0.25) is 0 Å². The molecule has 0 aliphatic carbocycles. The molecule has 104 valence electrons. The van der Waals surface area contributed by atoms with Gasteiger partial charge in [-0.05, 0) is 26.0 Å². The van der Waals surface area contributed by atoms with Gasteiger partial charge in [0.15, 0.2) is 0 Å². The molecule has 19 heavy (non-hydrogen) atoms. The van der Waals surface area contributed by atoms with E-state index >= 15 is 0 Å². The molecule has 0 saturated carbocycles. The van der Waals surface area contributed by atoms with Gasteiger partial charge < -0.3 is 19.5 Å². The second kappa shape index (κ2) is 5.48. The molecule has 1 aromatic carbocycles. The highest BCUT2D eigenvalue weighted by Crippen LogP contribution is 2.29. The fraction of sp³-hybridized carbons (Fsp3) is 0.500. The number of phenols is 1. The lowest BCUT2D eigenvalue weighted by Gasteiger charge is -2.35. The predicted octanol–water partition coefficient (Wildman–Crippen LogP) is 1.65. The monoisotopic (exact) mass is 265 g/mol. The minimum absolute atomic E-state index is 0.00968. The SMILES string of the molecule is COc1cccc(O)c1C(=O)N1CC(C)OC(C)C1. The molecule has 2 atom stereocenters. The number of amides is 1. The van der Waals surface area contributed by atoms with Crippen LogP contribution >= 0.6 is 0 Å². The Morgan fingerprint density at radius 3 is 2.58 bits per heavy atom. The van der Waals surface area contributed by atoms with Gasteiger partial charge in [0.2, 0.25) is 0 Å². The van der Waals surface area contributed by atoms with Gasteiger partial charge in [0.1, 0.15) is 17.1 Å². The molecule has 1 aromatic rings. The number of hydrogen-bond acceptors (Lipinski definition) is 4.